The average molecular weight is 288 g/mol. The van der Waals surface area contributed by atoms with Gasteiger partial charge in [0.2, 0.25) is 0 Å². The molecule has 2 aromatic rings. The molecule has 1 heterocycles. The number of nitrogens with zero attached hydrogens (tertiary/aromatic N) is 1. The van der Waals surface area contributed by atoms with Gasteiger partial charge in [0.05, 0.1) is 6.61 Å². The van der Waals surface area contributed by atoms with E-state index in [1.54, 1.807) is 0 Å². The lowest BCUT2D eigenvalue weighted by molar-refractivity contribution is 0.273. The first-order chi connectivity index (χ1) is 8.60. The lowest BCUT2D eigenvalue weighted by atomic mass is 10.2. The van der Waals surface area contributed by atoms with Crippen LogP contribution in [0.25, 0.3) is 0 Å². The van der Waals surface area contributed by atoms with E-state index in [1.165, 1.54) is 30.5 Å². The zero-order valence-electron chi connectivity index (χ0n) is 9.03. The van der Waals surface area contributed by atoms with Gasteiger partial charge in [-0.3, -0.25) is 0 Å². The summed E-state index contributed by atoms with van der Waals surface area (Å²) in [5.41, 5.74) is 0.105. The Morgan fingerprint density at radius 3 is 2.50 bits per heavy atom. The highest BCUT2D eigenvalue weighted by molar-refractivity contribution is 6.34. The van der Waals surface area contributed by atoms with Crippen LogP contribution in [0.4, 0.5) is 4.39 Å². The van der Waals surface area contributed by atoms with Crippen molar-refractivity contribution in [3.05, 3.63) is 51.9 Å². The molecule has 0 atom stereocenters. The van der Waals surface area contributed by atoms with Gasteiger partial charge in [-0.15, -0.1) is 0 Å². The second-order valence-corrected chi connectivity index (χ2v) is 4.33. The predicted molar refractivity (Wildman–Crippen MR) is 66.7 cm³/mol. The number of benzene rings is 1. The minimum absolute atomic E-state index is 0.105. The van der Waals surface area contributed by atoms with E-state index in [0.717, 1.165) is 0 Å². The molecule has 1 N–H and O–H groups in total. The summed E-state index contributed by atoms with van der Waals surface area (Å²) < 4.78 is 19.0. The Bertz CT molecular complexity index is 558. The summed E-state index contributed by atoms with van der Waals surface area (Å²) in [6, 6.07) is 5.87. The molecule has 0 aliphatic carbocycles. The maximum absolute atomic E-state index is 13.7. The van der Waals surface area contributed by atoms with Gasteiger partial charge < -0.3 is 9.84 Å². The Morgan fingerprint density at radius 1 is 1.22 bits per heavy atom. The van der Waals surface area contributed by atoms with Crippen molar-refractivity contribution in [2.75, 3.05) is 0 Å². The number of hydrogen-bond acceptors (Lipinski definition) is 3. The Balaban J connectivity index is 2.34. The number of ether oxygens (including phenoxy) is 1. The summed E-state index contributed by atoms with van der Waals surface area (Å²) in [4.78, 5) is 3.75. The Kier molecular flexibility index (Phi) is 4.01. The summed E-state index contributed by atoms with van der Waals surface area (Å²) >= 11 is 11.6. The van der Waals surface area contributed by atoms with E-state index in [1.807, 2.05) is 0 Å². The summed E-state index contributed by atoms with van der Waals surface area (Å²) in [7, 11) is 0. The number of halogens is 3. The second-order valence-electron chi connectivity index (χ2n) is 3.45. The minimum Gasteiger partial charge on any atom is -0.436 e. The fourth-order valence-corrected chi connectivity index (χ4v) is 1.86. The third-order valence-corrected chi connectivity index (χ3v) is 2.59. The molecular formula is C12H8Cl2FNO2. The van der Waals surface area contributed by atoms with Crippen LogP contribution in [0, 0.1) is 5.82 Å². The Morgan fingerprint density at radius 2 is 1.89 bits per heavy atom. The van der Waals surface area contributed by atoms with Gasteiger partial charge in [0, 0.05) is 21.8 Å². The van der Waals surface area contributed by atoms with Crippen molar-refractivity contribution < 1.29 is 14.2 Å². The quantitative estimate of drug-likeness (QED) is 0.933. The van der Waals surface area contributed by atoms with E-state index >= 15 is 0 Å². The lowest BCUT2D eigenvalue weighted by Crippen LogP contribution is -1.97. The molecule has 6 heteroatoms. The Labute approximate surface area is 113 Å². The molecule has 0 radical (unpaired) electrons. The summed E-state index contributed by atoms with van der Waals surface area (Å²) in [6.07, 6.45) is 1.34. The molecule has 3 nitrogen and oxygen atoms in total. The molecule has 2 rings (SSSR count). The van der Waals surface area contributed by atoms with E-state index in [0.29, 0.717) is 10.0 Å². The number of hydrogen-bond donors (Lipinski definition) is 1. The monoisotopic (exact) mass is 287 g/mol. The summed E-state index contributed by atoms with van der Waals surface area (Å²) in [5, 5.41) is 9.67. The summed E-state index contributed by atoms with van der Waals surface area (Å²) in [6.45, 7) is -0.430. The van der Waals surface area contributed by atoms with Crippen molar-refractivity contribution in [1.82, 2.24) is 4.98 Å². The van der Waals surface area contributed by atoms with Crippen molar-refractivity contribution in [2.24, 2.45) is 0 Å². The third-order valence-electron chi connectivity index (χ3n) is 2.16. The number of aliphatic hydroxyl groups excluding tert-OH is 1. The van der Waals surface area contributed by atoms with E-state index in [2.05, 4.69) is 4.98 Å². The van der Waals surface area contributed by atoms with Crippen LogP contribution >= 0.6 is 23.2 Å². The SMILES string of the molecule is OCc1ccnc(Oc2cc(Cl)cc(Cl)c2)c1F. The molecule has 0 spiro atoms. The maximum atomic E-state index is 13.7. The third kappa shape index (κ3) is 2.90. The number of aromatic nitrogens is 1. The van der Waals surface area contributed by atoms with Gasteiger partial charge in [-0.2, -0.15) is 0 Å². The highest BCUT2D eigenvalue weighted by Gasteiger charge is 2.11. The molecule has 0 amide bonds. The molecule has 0 aliphatic rings. The normalized spacial score (nSPS) is 10.4. The van der Waals surface area contributed by atoms with Gasteiger partial charge in [0.1, 0.15) is 5.75 Å². The van der Waals surface area contributed by atoms with Crippen molar-refractivity contribution in [2.45, 2.75) is 6.61 Å². The van der Waals surface area contributed by atoms with Crippen LogP contribution in [0.1, 0.15) is 5.56 Å². The van der Waals surface area contributed by atoms with Gasteiger partial charge >= 0.3 is 0 Å². The molecule has 94 valence electrons. The standard InChI is InChI=1S/C12H8Cl2FNO2/c13-8-3-9(14)5-10(4-8)18-12-11(15)7(6-17)1-2-16-12/h1-5,17H,6H2. The van der Waals surface area contributed by atoms with Crippen molar-refractivity contribution >= 4 is 23.2 Å². The molecule has 1 aromatic carbocycles. The van der Waals surface area contributed by atoms with E-state index in [4.69, 9.17) is 33.0 Å². The van der Waals surface area contributed by atoms with Gasteiger partial charge in [-0.05, 0) is 24.3 Å². The molecule has 0 saturated heterocycles. The van der Waals surface area contributed by atoms with Gasteiger partial charge in [-0.1, -0.05) is 23.2 Å². The zero-order chi connectivity index (χ0) is 13.1. The van der Waals surface area contributed by atoms with Crippen LogP contribution < -0.4 is 4.74 Å². The molecular weight excluding hydrogens is 280 g/mol. The molecule has 1 aromatic heterocycles. The van der Waals surface area contributed by atoms with E-state index in [-0.39, 0.29) is 17.2 Å². The highest BCUT2D eigenvalue weighted by atomic mass is 35.5. The average Bonchev–Trinajstić information content (AvgIpc) is 2.30. The zero-order valence-corrected chi connectivity index (χ0v) is 10.5. The number of aliphatic hydroxyl groups is 1. The largest absolute Gasteiger partial charge is 0.436 e. The van der Waals surface area contributed by atoms with Gasteiger partial charge in [-0.25, -0.2) is 9.37 Å². The molecule has 0 unspecified atom stereocenters. The van der Waals surface area contributed by atoms with Crippen molar-refractivity contribution in [1.29, 1.82) is 0 Å². The van der Waals surface area contributed by atoms with E-state index < -0.39 is 12.4 Å². The highest BCUT2D eigenvalue weighted by Crippen LogP contribution is 2.29. The first kappa shape index (κ1) is 13.1. The van der Waals surface area contributed by atoms with Crippen LogP contribution in [0.2, 0.25) is 10.0 Å². The van der Waals surface area contributed by atoms with Crippen LogP contribution in [0.3, 0.4) is 0 Å². The molecule has 18 heavy (non-hydrogen) atoms. The van der Waals surface area contributed by atoms with Crippen molar-refractivity contribution in [3.63, 3.8) is 0 Å². The van der Waals surface area contributed by atoms with Crippen LogP contribution in [-0.4, -0.2) is 10.1 Å². The second kappa shape index (κ2) is 5.52. The van der Waals surface area contributed by atoms with Crippen LogP contribution in [0.15, 0.2) is 30.5 Å². The van der Waals surface area contributed by atoms with E-state index in [9.17, 15) is 4.39 Å². The molecule has 0 fully saturated rings. The topological polar surface area (TPSA) is 42.4 Å². The molecule has 0 saturated carbocycles. The van der Waals surface area contributed by atoms with Crippen LogP contribution in [-0.2, 0) is 6.61 Å². The fourth-order valence-electron chi connectivity index (χ4n) is 1.35. The molecule has 0 aliphatic heterocycles. The van der Waals surface area contributed by atoms with Crippen LogP contribution in [0.5, 0.6) is 11.6 Å². The minimum atomic E-state index is -0.712. The smallest absolute Gasteiger partial charge is 0.256 e. The number of pyridine rings is 1. The summed E-state index contributed by atoms with van der Waals surface area (Å²) in [5.74, 6) is -0.676. The first-order valence-electron chi connectivity index (χ1n) is 4.98. The van der Waals surface area contributed by atoms with Crippen molar-refractivity contribution in [3.8, 4) is 11.6 Å². The number of rotatable bonds is 3. The molecule has 0 bridgehead atoms. The van der Waals surface area contributed by atoms with Gasteiger partial charge in [0.25, 0.3) is 5.88 Å². The first-order valence-corrected chi connectivity index (χ1v) is 5.74. The maximum Gasteiger partial charge on any atom is 0.256 e. The fraction of sp³-hybridized carbons (Fsp3) is 0.0833. The lowest BCUT2D eigenvalue weighted by Gasteiger charge is -2.08. The van der Waals surface area contributed by atoms with Gasteiger partial charge in [0.15, 0.2) is 5.82 Å². The predicted octanol–water partition coefficient (Wildman–Crippen LogP) is 3.81. The Hall–Kier alpha value is -1.36.